The summed E-state index contributed by atoms with van der Waals surface area (Å²) in [6, 6.07) is 3.57. The third-order valence-corrected chi connectivity index (χ3v) is 1.90. The lowest BCUT2D eigenvalue weighted by Crippen LogP contribution is -2.12. The Morgan fingerprint density at radius 3 is 1.88 bits per heavy atom. The second-order valence-electron chi connectivity index (χ2n) is 3.46. The molecule has 1 aromatic rings. The van der Waals surface area contributed by atoms with Crippen molar-refractivity contribution in [1.82, 2.24) is 4.98 Å². The fourth-order valence-electron chi connectivity index (χ4n) is 1.28. The zero-order valence-electron chi connectivity index (χ0n) is 9.63. The van der Waals surface area contributed by atoms with E-state index in [2.05, 4.69) is 15.6 Å². The normalized spacial score (nSPS) is 9.69. The van der Waals surface area contributed by atoms with Crippen LogP contribution in [0.2, 0.25) is 0 Å². The van der Waals surface area contributed by atoms with Gasteiger partial charge in [0.25, 0.3) is 0 Å². The molecule has 86 valence electrons. The van der Waals surface area contributed by atoms with Gasteiger partial charge in [0.2, 0.25) is 11.8 Å². The summed E-state index contributed by atoms with van der Waals surface area (Å²) >= 11 is 0. The van der Waals surface area contributed by atoms with Crippen LogP contribution in [0.15, 0.2) is 12.1 Å². The quantitative estimate of drug-likeness (QED) is 0.813. The average molecular weight is 221 g/mol. The number of pyridine rings is 1. The Morgan fingerprint density at radius 1 is 1.12 bits per heavy atom. The molecule has 5 nitrogen and oxygen atoms in total. The van der Waals surface area contributed by atoms with Crippen LogP contribution in [0.3, 0.4) is 0 Å². The average Bonchev–Trinajstić information content (AvgIpc) is 2.14. The van der Waals surface area contributed by atoms with Crippen molar-refractivity contribution in [2.75, 3.05) is 10.6 Å². The van der Waals surface area contributed by atoms with Gasteiger partial charge >= 0.3 is 0 Å². The van der Waals surface area contributed by atoms with Gasteiger partial charge in [-0.15, -0.1) is 0 Å². The van der Waals surface area contributed by atoms with Crippen molar-refractivity contribution in [3.05, 3.63) is 17.7 Å². The minimum Gasteiger partial charge on any atom is -0.311 e. The van der Waals surface area contributed by atoms with E-state index in [1.807, 2.05) is 6.92 Å². The molecule has 0 bridgehead atoms. The molecule has 0 radical (unpaired) electrons. The molecule has 0 aliphatic carbocycles. The van der Waals surface area contributed by atoms with Crippen molar-refractivity contribution in [2.45, 2.75) is 27.2 Å². The molecule has 0 aromatic carbocycles. The molecule has 1 aromatic heterocycles. The maximum Gasteiger partial charge on any atom is 0.222 e. The van der Waals surface area contributed by atoms with Crippen molar-refractivity contribution in [1.29, 1.82) is 0 Å². The monoisotopic (exact) mass is 221 g/mol. The molecule has 1 rings (SSSR count). The first kappa shape index (κ1) is 12.2. The summed E-state index contributed by atoms with van der Waals surface area (Å²) in [6.07, 6.45) is 0.807. The highest BCUT2D eigenvalue weighted by molar-refractivity contribution is 5.90. The number of hydrogen-bond acceptors (Lipinski definition) is 3. The van der Waals surface area contributed by atoms with Crippen LogP contribution in [0, 0.1) is 0 Å². The molecule has 2 amide bonds. The van der Waals surface area contributed by atoms with Crippen molar-refractivity contribution >= 4 is 23.5 Å². The number of carbonyl (C=O) groups is 2. The van der Waals surface area contributed by atoms with Gasteiger partial charge in [-0.1, -0.05) is 6.92 Å². The van der Waals surface area contributed by atoms with Crippen molar-refractivity contribution < 1.29 is 9.59 Å². The summed E-state index contributed by atoms with van der Waals surface area (Å²) in [5.74, 6) is 0.537. The van der Waals surface area contributed by atoms with E-state index in [-0.39, 0.29) is 11.8 Å². The van der Waals surface area contributed by atoms with Gasteiger partial charge in [-0.3, -0.25) is 9.59 Å². The van der Waals surface area contributed by atoms with E-state index in [0.717, 1.165) is 12.0 Å². The molecule has 0 fully saturated rings. The number of hydrogen-bond donors (Lipinski definition) is 2. The molecule has 0 spiro atoms. The molecule has 5 heteroatoms. The summed E-state index contributed by atoms with van der Waals surface area (Å²) in [5, 5.41) is 5.18. The number of nitrogens with one attached hydrogen (secondary N) is 2. The van der Waals surface area contributed by atoms with Crippen molar-refractivity contribution in [3.63, 3.8) is 0 Å². The summed E-state index contributed by atoms with van der Waals surface area (Å²) < 4.78 is 0. The zero-order valence-corrected chi connectivity index (χ0v) is 9.63. The highest BCUT2D eigenvalue weighted by Gasteiger charge is 2.04. The largest absolute Gasteiger partial charge is 0.311 e. The molecule has 0 aliphatic rings. The first-order valence-electron chi connectivity index (χ1n) is 5.07. The van der Waals surface area contributed by atoms with Gasteiger partial charge in [-0.05, 0) is 24.1 Å². The molecular formula is C11H15N3O2. The van der Waals surface area contributed by atoms with Gasteiger partial charge in [0.1, 0.15) is 11.6 Å². The van der Waals surface area contributed by atoms with Crippen LogP contribution in [-0.4, -0.2) is 16.8 Å². The highest BCUT2D eigenvalue weighted by atomic mass is 16.2. The van der Waals surface area contributed by atoms with Crippen molar-refractivity contribution in [3.8, 4) is 0 Å². The van der Waals surface area contributed by atoms with Crippen LogP contribution < -0.4 is 10.6 Å². The minimum absolute atomic E-state index is 0.186. The Balaban J connectivity index is 3.00. The summed E-state index contributed by atoms with van der Waals surface area (Å²) in [7, 11) is 0. The van der Waals surface area contributed by atoms with E-state index in [9.17, 15) is 9.59 Å². The Hall–Kier alpha value is -1.91. The molecule has 1 heterocycles. The molecule has 16 heavy (non-hydrogen) atoms. The molecule has 0 aliphatic heterocycles. The van der Waals surface area contributed by atoms with E-state index < -0.39 is 0 Å². The topological polar surface area (TPSA) is 71.1 Å². The molecule has 0 unspecified atom stereocenters. The summed E-state index contributed by atoms with van der Waals surface area (Å²) in [6.45, 7) is 4.82. The molecule has 0 atom stereocenters. The van der Waals surface area contributed by atoms with E-state index in [0.29, 0.717) is 11.6 Å². The number of nitrogens with zero attached hydrogens (tertiary/aromatic N) is 1. The number of carbonyl (C=O) groups excluding carboxylic acids is 2. The van der Waals surface area contributed by atoms with Crippen LogP contribution in [0.4, 0.5) is 11.6 Å². The first-order chi connectivity index (χ1) is 7.51. The van der Waals surface area contributed by atoms with Crippen LogP contribution in [0.1, 0.15) is 26.3 Å². The highest BCUT2D eigenvalue weighted by Crippen LogP contribution is 2.14. The van der Waals surface area contributed by atoms with E-state index in [1.54, 1.807) is 12.1 Å². The number of rotatable bonds is 3. The van der Waals surface area contributed by atoms with E-state index >= 15 is 0 Å². The van der Waals surface area contributed by atoms with Gasteiger partial charge in [0.15, 0.2) is 0 Å². The fraction of sp³-hybridized carbons (Fsp3) is 0.364. The Morgan fingerprint density at radius 2 is 1.56 bits per heavy atom. The van der Waals surface area contributed by atoms with Gasteiger partial charge < -0.3 is 10.6 Å². The van der Waals surface area contributed by atoms with Gasteiger partial charge in [0, 0.05) is 13.8 Å². The summed E-state index contributed by atoms with van der Waals surface area (Å²) in [5.41, 5.74) is 1.00. The lowest BCUT2D eigenvalue weighted by Gasteiger charge is -2.08. The smallest absolute Gasteiger partial charge is 0.222 e. The standard InChI is InChI=1S/C11H15N3O2/c1-4-9-5-10(12-7(2)15)14-11(6-9)13-8(3)16/h5-6H,4H2,1-3H3,(H2,12,13,14,15,16). The summed E-state index contributed by atoms with van der Waals surface area (Å²) in [4.78, 5) is 25.9. The van der Waals surface area contributed by atoms with Gasteiger partial charge in [-0.2, -0.15) is 0 Å². The number of aryl methyl sites for hydroxylation is 1. The number of anilines is 2. The number of amides is 2. The second-order valence-corrected chi connectivity index (χ2v) is 3.46. The third kappa shape index (κ3) is 3.68. The predicted molar refractivity (Wildman–Crippen MR) is 62.2 cm³/mol. The predicted octanol–water partition coefficient (Wildman–Crippen LogP) is 1.56. The Bertz CT molecular complexity index is 381. The fourth-order valence-corrected chi connectivity index (χ4v) is 1.28. The van der Waals surface area contributed by atoms with Crippen LogP contribution in [0.25, 0.3) is 0 Å². The maximum atomic E-state index is 10.9. The third-order valence-electron chi connectivity index (χ3n) is 1.90. The van der Waals surface area contributed by atoms with Gasteiger partial charge in [0.05, 0.1) is 0 Å². The maximum absolute atomic E-state index is 10.9. The minimum atomic E-state index is -0.186. The van der Waals surface area contributed by atoms with Crippen LogP contribution in [-0.2, 0) is 16.0 Å². The van der Waals surface area contributed by atoms with E-state index in [4.69, 9.17) is 0 Å². The first-order valence-corrected chi connectivity index (χ1v) is 5.07. The molecule has 0 saturated heterocycles. The van der Waals surface area contributed by atoms with Crippen molar-refractivity contribution in [2.24, 2.45) is 0 Å². The second kappa shape index (κ2) is 5.25. The van der Waals surface area contributed by atoms with Gasteiger partial charge in [-0.25, -0.2) is 4.98 Å². The molecule has 0 saturated carbocycles. The van der Waals surface area contributed by atoms with Crippen LogP contribution in [0.5, 0.6) is 0 Å². The number of aromatic nitrogens is 1. The Kier molecular flexibility index (Phi) is 3.99. The van der Waals surface area contributed by atoms with Crippen LogP contribution >= 0.6 is 0 Å². The lowest BCUT2D eigenvalue weighted by molar-refractivity contribution is -0.115. The lowest BCUT2D eigenvalue weighted by atomic mass is 10.2. The van der Waals surface area contributed by atoms with E-state index in [1.165, 1.54) is 13.8 Å². The molecule has 2 N–H and O–H groups in total. The SMILES string of the molecule is CCc1cc(NC(C)=O)nc(NC(C)=O)c1. The molecular weight excluding hydrogens is 206 g/mol. The Labute approximate surface area is 94.3 Å². The zero-order chi connectivity index (χ0) is 12.1.